The van der Waals surface area contributed by atoms with Crippen molar-refractivity contribution in [3.05, 3.63) is 24.2 Å². The first-order chi connectivity index (χ1) is 9.66. The minimum Gasteiger partial charge on any atom is -0.469 e. The molecule has 20 heavy (non-hydrogen) atoms. The van der Waals surface area contributed by atoms with E-state index in [9.17, 15) is 4.79 Å². The molecule has 4 nitrogen and oxygen atoms in total. The molecule has 0 bridgehead atoms. The molecule has 0 aliphatic heterocycles. The van der Waals surface area contributed by atoms with Gasteiger partial charge in [-0.2, -0.15) is 0 Å². The minimum absolute atomic E-state index is 0.00947. The minimum atomic E-state index is -0.158. The maximum atomic E-state index is 12.0. The number of amides is 1. The van der Waals surface area contributed by atoms with Gasteiger partial charge < -0.3 is 15.5 Å². The summed E-state index contributed by atoms with van der Waals surface area (Å²) in [6.45, 7) is 0. The van der Waals surface area contributed by atoms with Crippen molar-refractivity contribution < 1.29 is 9.21 Å². The number of nitrogens with two attached hydrogens (primary N) is 1. The van der Waals surface area contributed by atoms with E-state index in [2.05, 4.69) is 5.32 Å². The summed E-state index contributed by atoms with van der Waals surface area (Å²) in [5.74, 6) is 1.21. The summed E-state index contributed by atoms with van der Waals surface area (Å²) >= 11 is 5.12. The van der Waals surface area contributed by atoms with Crippen LogP contribution in [0.25, 0.3) is 0 Å². The van der Waals surface area contributed by atoms with Gasteiger partial charge in [-0.05, 0) is 30.9 Å². The number of nitrogens with one attached hydrogen (secondary N) is 1. The zero-order valence-corrected chi connectivity index (χ0v) is 12.5. The van der Waals surface area contributed by atoms with Crippen LogP contribution in [0.3, 0.4) is 0 Å². The zero-order valence-electron chi connectivity index (χ0n) is 11.6. The maximum Gasteiger partial charge on any atom is 0.221 e. The summed E-state index contributed by atoms with van der Waals surface area (Å²) in [4.78, 5) is 12.4. The number of carbonyl (C=O) groups is 1. The van der Waals surface area contributed by atoms with E-state index >= 15 is 0 Å². The summed E-state index contributed by atoms with van der Waals surface area (Å²) < 4.78 is 5.22. The molecule has 2 rings (SSSR count). The fourth-order valence-corrected chi connectivity index (χ4v) is 3.08. The molecule has 1 aliphatic carbocycles. The second-order valence-corrected chi connectivity index (χ2v) is 5.90. The Labute approximate surface area is 125 Å². The van der Waals surface area contributed by atoms with Crippen molar-refractivity contribution in [2.45, 2.75) is 51.0 Å². The SMILES string of the molecule is NC(=S)C(NC(=O)CCc1ccco1)C1CCCCC1. The second-order valence-electron chi connectivity index (χ2n) is 5.43. The molecule has 110 valence electrons. The fraction of sp³-hybridized carbons (Fsp3) is 0.600. The highest BCUT2D eigenvalue weighted by molar-refractivity contribution is 7.80. The summed E-state index contributed by atoms with van der Waals surface area (Å²) in [6, 6.07) is 3.54. The lowest BCUT2D eigenvalue weighted by Gasteiger charge is -2.30. The lowest BCUT2D eigenvalue weighted by atomic mass is 9.83. The molecule has 1 unspecified atom stereocenters. The zero-order chi connectivity index (χ0) is 14.4. The molecule has 0 aromatic carbocycles. The van der Waals surface area contributed by atoms with E-state index in [-0.39, 0.29) is 11.9 Å². The summed E-state index contributed by atoms with van der Waals surface area (Å²) in [5.41, 5.74) is 5.80. The Bertz CT molecular complexity index is 439. The van der Waals surface area contributed by atoms with Gasteiger partial charge in [0.2, 0.25) is 5.91 Å². The van der Waals surface area contributed by atoms with E-state index in [0.717, 1.165) is 18.6 Å². The number of hydrogen-bond acceptors (Lipinski definition) is 3. The van der Waals surface area contributed by atoms with Crippen LogP contribution in [-0.2, 0) is 11.2 Å². The molecule has 0 saturated heterocycles. The number of aryl methyl sites for hydroxylation is 1. The Morgan fingerprint density at radius 2 is 2.20 bits per heavy atom. The van der Waals surface area contributed by atoms with Crippen LogP contribution in [-0.4, -0.2) is 16.9 Å². The van der Waals surface area contributed by atoms with E-state index in [1.807, 2.05) is 12.1 Å². The standard InChI is InChI=1S/C15H22N2O2S/c16-15(20)14(11-5-2-1-3-6-11)17-13(18)9-8-12-7-4-10-19-12/h4,7,10-11,14H,1-3,5-6,8-9H2,(H2,16,20)(H,17,18). The lowest BCUT2D eigenvalue weighted by molar-refractivity contribution is -0.121. The van der Waals surface area contributed by atoms with E-state index < -0.39 is 0 Å². The van der Waals surface area contributed by atoms with Crippen LogP contribution in [0.1, 0.15) is 44.3 Å². The number of furan rings is 1. The van der Waals surface area contributed by atoms with Crippen molar-refractivity contribution in [3.8, 4) is 0 Å². The summed E-state index contributed by atoms with van der Waals surface area (Å²) in [5, 5.41) is 3.00. The normalized spacial score (nSPS) is 17.6. The molecule has 1 aromatic rings. The maximum absolute atomic E-state index is 12.0. The molecule has 1 saturated carbocycles. The number of rotatable bonds is 6. The predicted octanol–water partition coefficient (Wildman–Crippen LogP) is 2.56. The van der Waals surface area contributed by atoms with Crippen LogP contribution in [0.2, 0.25) is 0 Å². The monoisotopic (exact) mass is 294 g/mol. The molecule has 1 atom stereocenters. The molecule has 5 heteroatoms. The Morgan fingerprint density at radius 1 is 1.45 bits per heavy atom. The smallest absolute Gasteiger partial charge is 0.221 e. The molecule has 1 fully saturated rings. The number of thiocarbonyl (C=S) groups is 1. The van der Waals surface area contributed by atoms with Crippen LogP contribution in [0.4, 0.5) is 0 Å². The average Bonchev–Trinajstić information content (AvgIpc) is 2.96. The Morgan fingerprint density at radius 3 is 2.80 bits per heavy atom. The van der Waals surface area contributed by atoms with Gasteiger partial charge in [-0.3, -0.25) is 4.79 Å². The third-order valence-corrected chi connectivity index (χ3v) is 4.18. The molecule has 1 aliphatic rings. The van der Waals surface area contributed by atoms with Gasteiger partial charge in [0.1, 0.15) is 5.76 Å². The lowest BCUT2D eigenvalue weighted by Crippen LogP contribution is -2.48. The third-order valence-electron chi connectivity index (χ3n) is 3.92. The van der Waals surface area contributed by atoms with Gasteiger partial charge in [0.25, 0.3) is 0 Å². The van der Waals surface area contributed by atoms with E-state index in [1.165, 1.54) is 19.3 Å². The van der Waals surface area contributed by atoms with Crippen molar-refractivity contribution >= 4 is 23.1 Å². The summed E-state index contributed by atoms with van der Waals surface area (Å²) in [6.07, 6.45) is 8.49. The van der Waals surface area contributed by atoms with Crippen molar-refractivity contribution in [2.75, 3.05) is 0 Å². The van der Waals surface area contributed by atoms with Gasteiger partial charge in [0.05, 0.1) is 17.3 Å². The fourth-order valence-electron chi connectivity index (χ4n) is 2.83. The molecule has 1 amide bonds. The van der Waals surface area contributed by atoms with Crippen LogP contribution in [0, 0.1) is 5.92 Å². The first-order valence-corrected chi connectivity index (χ1v) is 7.68. The van der Waals surface area contributed by atoms with Gasteiger partial charge in [-0.1, -0.05) is 31.5 Å². The molecule has 3 N–H and O–H groups in total. The van der Waals surface area contributed by atoms with Gasteiger partial charge in [-0.15, -0.1) is 0 Å². The van der Waals surface area contributed by atoms with Gasteiger partial charge in [0.15, 0.2) is 0 Å². The quantitative estimate of drug-likeness (QED) is 0.791. The van der Waals surface area contributed by atoms with E-state index in [1.54, 1.807) is 6.26 Å². The topological polar surface area (TPSA) is 68.3 Å². The molecule has 0 radical (unpaired) electrons. The summed E-state index contributed by atoms with van der Waals surface area (Å²) in [7, 11) is 0. The average molecular weight is 294 g/mol. The van der Waals surface area contributed by atoms with Crippen molar-refractivity contribution in [2.24, 2.45) is 11.7 Å². The third kappa shape index (κ3) is 4.34. The highest BCUT2D eigenvalue weighted by Gasteiger charge is 2.27. The van der Waals surface area contributed by atoms with Crippen LogP contribution >= 0.6 is 12.2 Å². The highest BCUT2D eigenvalue weighted by Crippen LogP contribution is 2.26. The predicted molar refractivity (Wildman–Crippen MR) is 82.3 cm³/mol. The first kappa shape index (κ1) is 15.0. The Hall–Kier alpha value is -1.36. The molecular weight excluding hydrogens is 272 g/mol. The van der Waals surface area contributed by atoms with E-state index in [4.69, 9.17) is 22.4 Å². The van der Waals surface area contributed by atoms with Gasteiger partial charge in [0, 0.05) is 12.8 Å². The molecule has 0 spiro atoms. The van der Waals surface area contributed by atoms with Gasteiger partial charge >= 0.3 is 0 Å². The van der Waals surface area contributed by atoms with Gasteiger partial charge in [-0.25, -0.2) is 0 Å². The van der Waals surface area contributed by atoms with Crippen molar-refractivity contribution in [3.63, 3.8) is 0 Å². The second kappa shape index (κ2) is 7.43. The largest absolute Gasteiger partial charge is 0.469 e. The van der Waals surface area contributed by atoms with Crippen LogP contribution in [0.15, 0.2) is 22.8 Å². The van der Waals surface area contributed by atoms with Crippen molar-refractivity contribution in [1.29, 1.82) is 0 Å². The Balaban J connectivity index is 1.83. The molecule has 1 heterocycles. The first-order valence-electron chi connectivity index (χ1n) is 7.28. The molecule has 1 aromatic heterocycles. The highest BCUT2D eigenvalue weighted by atomic mass is 32.1. The number of hydrogen-bond donors (Lipinski definition) is 2. The van der Waals surface area contributed by atoms with Crippen molar-refractivity contribution in [1.82, 2.24) is 5.32 Å². The molecular formula is C15H22N2O2S. The number of carbonyl (C=O) groups excluding carboxylic acids is 1. The van der Waals surface area contributed by atoms with Crippen LogP contribution < -0.4 is 11.1 Å². The van der Waals surface area contributed by atoms with E-state index in [0.29, 0.717) is 23.7 Å². The van der Waals surface area contributed by atoms with Crippen LogP contribution in [0.5, 0.6) is 0 Å². The Kier molecular flexibility index (Phi) is 5.59.